The molecule has 0 aromatic heterocycles. The van der Waals surface area contributed by atoms with E-state index >= 15 is 0 Å². The monoisotopic (exact) mass is 589 g/mol. The minimum absolute atomic E-state index is 0.0294. The van der Waals surface area contributed by atoms with Crippen LogP contribution in [0.2, 0.25) is 28.4 Å². The van der Waals surface area contributed by atoms with E-state index in [2.05, 4.69) is 97.5 Å². The quantitative estimate of drug-likeness (QED) is 0.229. The molecule has 0 amide bonds. The van der Waals surface area contributed by atoms with Gasteiger partial charge < -0.3 is 0 Å². The third kappa shape index (κ3) is 0.390. The van der Waals surface area contributed by atoms with Crippen molar-refractivity contribution >= 4 is 17.2 Å². The summed E-state index contributed by atoms with van der Waals surface area (Å²) in [5, 5.41) is 0. The van der Waals surface area contributed by atoms with Crippen molar-refractivity contribution in [1.82, 2.24) is 4.90 Å². The third-order valence-corrected chi connectivity index (χ3v) is 78.5. The van der Waals surface area contributed by atoms with Crippen molar-refractivity contribution in [1.29, 1.82) is 0 Å². The van der Waals surface area contributed by atoms with Crippen LogP contribution in [-0.4, -0.2) is 59.7 Å². The zero-order valence-corrected chi connectivity index (χ0v) is 26.8. The molecular weight excluding hydrogens is 548 g/mol. The van der Waals surface area contributed by atoms with E-state index in [-0.39, 0.29) is 7.92 Å². The number of ether oxygens (including phenoxy) is 2. The molecule has 7 atom stereocenters. The summed E-state index contributed by atoms with van der Waals surface area (Å²) in [6.07, 6.45) is 2.82. The summed E-state index contributed by atoms with van der Waals surface area (Å²) in [5.74, 6) is 2.36. The molecule has 3 nitrogen and oxygen atoms in total. The fourth-order valence-electron chi connectivity index (χ4n) is 24.5. The van der Waals surface area contributed by atoms with E-state index in [4.69, 9.17) is 9.47 Å². The van der Waals surface area contributed by atoms with E-state index in [1.165, 1.54) is 23.8 Å². The van der Waals surface area contributed by atoms with Crippen LogP contribution < -0.4 is 9.47 Å². The molecule has 10 fully saturated rings. The topological polar surface area (TPSA) is 21.7 Å². The molecule has 6 heteroatoms. The molecule has 0 radical (unpaired) electrons. The Kier molecular flexibility index (Phi) is 1.69. The molecule has 1 spiro atoms. The van der Waals surface area contributed by atoms with Gasteiger partial charge >= 0.3 is 222 Å². The Morgan fingerprint density at radius 2 is 1.29 bits per heavy atom. The van der Waals surface area contributed by atoms with Gasteiger partial charge in [0.05, 0.1) is 0 Å². The van der Waals surface area contributed by atoms with Gasteiger partial charge in [-0.15, -0.1) is 0 Å². The molecule has 2 aromatic rings. The Labute approximate surface area is 221 Å². The number of hydrogen-bond acceptors (Lipinski definition) is 3. The number of benzene rings is 2. The summed E-state index contributed by atoms with van der Waals surface area (Å²) in [7, 11) is 12.5. The Bertz CT molecular complexity index is 1970. The van der Waals surface area contributed by atoms with E-state index in [0.29, 0.717) is 27.1 Å². The molecule has 10 aliphatic rings. The van der Waals surface area contributed by atoms with Crippen LogP contribution >= 0.6 is 17.2 Å². The standard InChI is InChI=1S/C27H36NO2P2.C5H5.Fe/c1-8-32(9-2)27-23(18(3)28(4)5)24(19-14-10-12-16-21(19)29-6)25(26(27)31)20-15-11-13-17-22(20)30-7;1-2-4-5-3-1;/h10-18H,8-9,31H2,1-7H3;1-5H;. The first kappa shape index (κ1) is 21.1. The normalized spacial score (nSPS) is 68.6. The van der Waals surface area contributed by atoms with Gasteiger partial charge in [0.2, 0.25) is 0 Å². The van der Waals surface area contributed by atoms with Crippen LogP contribution in [0.3, 0.4) is 0 Å². The fraction of sp³-hybridized carbons (Fsp3) is 0.625. The van der Waals surface area contributed by atoms with Gasteiger partial charge in [0.15, 0.2) is 0 Å². The van der Waals surface area contributed by atoms with Crippen LogP contribution in [0.25, 0.3) is 0 Å². The first-order valence-electron chi connectivity index (χ1n) is 14.8. The van der Waals surface area contributed by atoms with Gasteiger partial charge in [-0.2, -0.15) is 0 Å². The summed E-state index contributed by atoms with van der Waals surface area (Å²) in [6.45, 7) is 3.17. The van der Waals surface area contributed by atoms with Crippen molar-refractivity contribution in [2.75, 3.05) is 40.6 Å². The average Bonchev–Trinajstić information content (AvgIpc) is 3.90. The van der Waals surface area contributed by atoms with Crippen molar-refractivity contribution in [3.63, 3.8) is 0 Å². The molecule has 0 N–H and O–H groups in total. The number of methoxy groups -OCH3 is 2. The molecule has 10 heterocycles. The number of para-hydroxylation sites is 2. The van der Waals surface area contributed by atoms with Gasteiger partial charge in [-0.3, -0.25) is 0 Å². The third-order valence-electron chi connectivity index (χ3n) is 21.1. The van der Waals surface area contributed by atoms with E-state index in [1.807, 2.05) is 14.2 Å². The van der Waals surface area contributed by atoms with Crippen LogP contribution in [0.5, 0.6) is 11.5 Å². The summed E-state index contributed by atoms with van der Waals surface area (Å²) in [5.41, 5.74) is 3.27. The second kappa shape index (κ2) is 3.04. The second-order valence-corrected chi connectivity index (χ2v) is 43.4. The average molecular weight is 589 g/mol. The Hall–Kier alpha value is -0.621. The molecule has 0 saturated carbocycles. The number of hydrogen-bond donors (Lipinski definition) is 0. The molecule has 2 aromatic carbocycles. The zero-order valence-electron chi connectivity index (χ0n) is 23.6. The van der Waals surface area contributed by atoms with Gasteiger partial charge in [-0.1, -0.05) is 0 Å². The van der Waals surface area contributed by atoms with E-state index in [1.54, 1.807) is 11.1 Å². The van der Waals surface area contributed by atoms with Crippen molar-refractivity contribution in [3.05, 3.63) is 59.7 Å². The first-order valence-corrected chi connectivity index (χ1v) is 23.0. The predicted molar refractivity (Wildman–Crippen MR) is 157 cm³/mol. The van der Waals surface area contributed by atoms with E-state index in [0.717, 1.165) is 24.1 Å². The summed E-state index contributed by atoms with van der Waals surface area (Å²) < 4.78 is 15.0. The second-order valence-electron chi connectivity index (χ2n) is 16.2. The molecule has 0 aliphatic carbocycles. The first-order chi connectivity index (χ1) is 18.1. The fourth-order valence-corrected chi connectivity index (χ4v) is 133. The van der Waals surface area contributed by atoms with Crippen LogP contribution in [0, 0.1) is 0 Å². The van der Waals surface area contributed by atoms with Crippen LogP contribution in [0.4, 0.5) is 0 Å². The maximum absolute atomic E-state index is 6.37. The molecule has 10 saturated heterocycles. The van der Waals surface area contributed by atoms with Crippen LogP contribution in [0.1, 0.15) is 31.9 Å². The van der Waals surface area contributed by atoms with Crippen molar-refractivity contribution in [2.45, 2.75) is 71.9 Å². The number of fused-ring (bicyclic) bond motifs is 10. The van der Waals surface area contributed by atoms with Crippen molar-refractivity contribution in [2.24, 2.45) is 0 Å². The molecule has 38 heavy (non-hydrogen) atoms. The Morgan fingerprint density at radius 3 is 1.68 bits per heavy atom. The predicted octanol–water partition coefficient (Wildman–Crippen LogP) is 7.14. The summed E-state index contributed by atoms with van der Waals surface area (Å²) in [6, 6.07) is 19.4. The maximum atomic E-state index is 6.37. The number of rotatable bonds is 9. The molecular formula is C32H41FeNO2P2. The zero-order chi connectivity index (χ0) is 26.2. The van der Waals surface area contributed by atoms with Crippen molar-refractivity contribution < 1.29 is 16.0 Å². The van der Waals surface area contributed by atoms with Crippen LogP contribution in [-0.2, 0) is 15.1 Å². The summed E-state index contributed by atoms with van der Waals surface area (Å²) in [4.78, 5) is 8.09. The molecule has 10 aliphatic heterocycles. The van der Waals surface area contributed by atoms with Crippen LogP contribution in [0.15, 0.2) is 48.5 Å². The molecule has 204 valence electrons. The Morgan fingerprint density at radius 1 is 0.842 bits per heavy atom. The molecule has 0 bridgehead atoms. The van der Waals surface area contributed by atoms with Gasteiger partial charge in [0.1, 0.15) is 0 Å². The number of nitrogens with zero attached hydrogens (tertiary/aromatic N) is 1. The van der Waals surface area contributed by atoms with Gasteiger partial charge in [-0.25, -0.2) is 0 Å². The molecule has 12 rings (SSSR count). The van der Waals surface area contributed by atoms with Crippen molar-refractivity contribution in [3.8, 4) is 11.5 Å². The summed E-state index contributed by atoms with van der Waals surface area (Å²) >= 11 is 0. The molecule has 6 unspecified atom stereocenters. The minimum atomic E-state index is -4.64. The SMILES string of the molecule is CCP(CC)[C]12[C]3(P)[C]4(c5ccccc5OC)[C]5(c6ccccc6OC)[C@@]1(C(C)N(C)C)[Fe]34521678[CH]2[CH]1[CH]6[CH]7[CH]28. The van der Waals surface area contributed by atoms with Gasteiger partial charge in [0.25, 0.3) is 0 Å². The van der Waals surface area contributed by atoms with E-state index in [9.17, 15) is 0 Å². The Balaban J connectivity index is 1.38. The van der Waals surface area contributed by atoms with Gasteiger partial charge in [0, 0.05) is 0 Å². The van der Waals surface area contributed by atoms with Gasteiger partial charge in [-0.05, 0) is 0 Å². The van der Waals surface area contributed by atoms with E-state index < -0.39 is 6.51 Å².